The van der Waals surface area contributed by atoms with Crippen LogP contribution in [0.2, 0.25) is 0 Å². The minimum absolute atomic E-state index is 0.562. The Balaban J connectivity index is 2.13. The van der Waals surface area contributed by atoms with Gasteiger partial charge in [-0.1, -0.05) is 6.08 Å². The molecular weight excluding hydrogens is 328 g/mol. The monoisotopic (exact) mass is 352 g/mol. The van der Waals surface area contributed by atoms with Gasteiger partial charge in [-0.3, -0.25) is 0 Å². The predicted octanol–water partition coefficient (Wildman–Crippen LogP) is -3.55. The van der Waals surface area contributed by atoms with Gasteiger partial charge in [0.25, 0.3) is 0 Å². The van der Waals surface area contributed by atoms with Gasteiger partial charge in [-0.25, -0.2) is 0 Å². The molecule has 2 fully saturated rings. The normalized spacial score (nSPS) is 49.8. The van der Waals surface area contributed by atoms with Crippen molar-refractivity contribution < 1.29 is 49.6 Å². The highest BCUT2D eigenvalue weighted by Gasteiger charge is 2.50. The molecule has 2 aliphatic heterocycles. The van der Waals surface area contributed by atoms with Gasteiger partial charge in [0.2, 0.25) is 0 Å². The van der Waals surface area contributed by atoms with Crippen molar-refractivity contribution in [2.45, 2.75) is 61.4 Å². The number of hydrogen-bond acceptors (Lipinski definition) is 10. The van der Waals surface area contributed by atoms with Crippen molar-refractivity contribution in [2.24, 2.45) is 0 Å². The maximum atomic E-state index is 10.2. The third-order valence-corrected chi connectivity index (χ3v) is 4.18. The van der Waals surface area contributed by atoms with Gasteiger partial charge >= 0.3 is 0 Å². The maximum absolute atomic E-state index is 10.2. The summed E-state index contributed by atoms with van der Waals surface area (Å²) in [4.78, 5) is 0. The number of methoxy groups -OCH3 is 1. The van der Waals surface area contributed by atoms with E-state index in [4.69, 9.17) is 18.9 Å². The van der Waals surface area contributed by atoms with Gasteiger partial charge in [0, 0.05) is 7.11 Å². The lowest BCUT2D eigenvalue weighted by molar-refractivity contribution is -0.352. The van der Waals surface area contributed by atoms with Crippen molar-refractivity contribution in [1.82, 2.24) is 0 Å². The molecule has 0 aliphatic carbocycles. The van der Waals surface area contributed by atoms with Crippen LogP contribution in [-0.4, -0.2) is 106 Å². The fourth-order valence-electron chi connectivity index (χ4n) is 2.75. The zero-order valence-electron chi connectivity index (χ0n) is 13.1. The summed E-state index contributed by atoms with van der Waals surface area (Å²) in [6.07, 6.45) is -12.3. The van der Waals surface area contributed by atoms with Gasteiger partial charge in [-0.2, -0.15) is 0 Å². The van der Waals surface area contributed by atoms with Crippen LogP contribution in [0.4, 0.5) is 0 Å². The Morgan fingerprint density at radius 2 is 1.54 bits per heavy atom. The SMILES string of the molecule is C=C[C@H]1O[C@@H](O[C@@H]2[C@H](O)[C@@H](O)[C@@H](OC)O[C@@H]2CO)[C@H](O)[C@@H](O)[C@H]1O. The molecule has 10 heteroatoms. The molecule has 0 amide bonds. The molecule has 10 atom stereocenters. The van der Waals surface area contributed by atoms with Crippen molar-refractivity contribution >= 4 is 0 Å². The fraction of sp³-hybridized carbons (Fsp3) is 0.857. The van der Waals surface area contributed by atoms with E-state index >= 15 is 0 Å². The topological polar surface area (TPSA) is 158 Å². The van der Waals surface area contributed by atoms with Crippen LogP contribution in [0.1, 0.15) is 0 Å². The quantitative estimate of drug-likeness (QED) is 0.274. The van der Waals surface area contributed by atoms with E-state index in [1.54, 1.807) is 0 Å². The lowest BCUT2D eigenvalue weighted by atomic mass is 9.97. The minimum atomic E-state index is -1.62. The Hall–Kier alpha value is -0.660. The molecule has 0 bridgehead atoms. The summed E-state index contributed by atoms with van der Waals surface area (Å²) in [5.74, 6) is 0. The van der Waals surface area contributed by atoms with Crippen LogP contribution >= 0.6 is 0 Å². The molecule has 10 nitrogen and oxygen atoms in total. The molecule has 140 valence electrons. The van der Waals surface area contributed by atoms with Crippen molar-refractivity contribution in [3.8, 4) is 0 Å². The van der Waals surface area contributed by atoms with Crippen molar-refractivity contribution in [3.63, 3.8) is 0 Å². The van der Waals surface area contributed by atoms with E-state index in [-0.39, 0.29) is 0 Å². The lowest BCUT2D eigenvalue weighted by Gasteiger charge is -2.45. The van der Waals surface area contributed by atoms with Gasteiger partial charge < -0.3 is 49.6 Å². The molecular formula is C14H24O10. The van der Waals surface area contributed by atoms with E-state index in [2.05, 4.69) is 6.58 Å². The fourth-order valence-corrected chi connectivity index (χ4v) is 2.75. The second-order valence-electron chi connectivity index (χ2n) is 5.72. The smallest absolute Gasteiger partial charge is 0.187 e. The van der Waals surface area contributed by atoms with Gasteiger partial charge in [-0.15, -0.1) is 6.58 Å². The molecule has 0 aromatic carbocycles. The molecule has 2 aliphatic rings. The summed E-state index contributed by atoms with van der Waals surface area (Å²) in [6, 6.07) is 0. The van der Waals surface area contributed by atoms with Crippen molar-refractivity contribution in [3.05, 3.63) is 12.7 Å². The van der Waals surface area contributed by atoms with Crippen LogP contribution < -0.4 is 0 Å². The summed E-state index contributed by atoms with van der Waals surface area (Å²) in [5.41, 5.74) is 0. The average molecular weight is 352 g/mol. The predicted molar refractivity (Wildman–Crippen MR) is 76.5 cm³/mol. The second kappa shape index (κ2) is 8.15. The van der Waals surface area contributed by atoms with Crippen LogP contribution in [0.3, 0.4) is 0 Å². The van der Waals surface area contributed by atoms with E-state index in [0.717, 1.165) is 0 Å². The molecule has 24 heavy (non-hydrogen) atoms. The number of aliphatic hydroxyl groups is 6. The molecule has 0 spiro atoms. The number of hydrogen-bond donors (Lipinski definition) is 6. The van der Waals surface area contributed by atoms with E-state index in [0.29, 0.717) is 0 Å². The standard InChI is InChI=1S/C14H24O10/c1-3-5-7(16)8(17)10(19)14(22-5)24-12-6(4-15)23-13(21-2)11(20)9(12)18/h3,5-20H,1,4H2,2H3/t5-,6-,7+,8+,9-,10-,11-,12+,13+,14+/m1/s1. The molecule has 0 aromatic rings. The van der Waals surface area contributed by atoms with Gasteiger partial charge in [0.05, 0.1) is 6.61 Å². The Labute approximate surface area is 138 Å². The summed E-state index contributed by atoms with van der Waals surface area (Å²) in [6.45, 7) is 2.89. The summed E-state index contributed by atoms with van der Waals surface area (Å²) < 4.78 is 20.9. The van der Waals surface area contributed by atoms with E-state index in [1.807, 2.05) is 0 Å². The molecule has 2 heterocycles. The molecule has 0 radical (unpaired) electrons. The lowest BCUT2D eigenvalue weighted by Crippen LogP contribution is -2.64. The second-order valence-corrected chi connectivity index (χ2v) is 5.72. The molecule has 2 rings (SSSR count). The largest absolute Gasteiger partial charge is 0.394 e. The summed E-state index contributed by atoms with van der Waals surface area (Å²) in [5, 5.41) is 59.1. The first-order chi connectivity index (χ1) is 11.3. The van der Waals surface area contributed by atoms with Crippen LogP contribution in [0, 0.1) is 0 Å². The summed E-state index contributed by atoms with van der Waals surface area (Å²) in [7, 11) is 1.26. The Morgan fingerprint density at radius 3 is 2.08 bits per heavy atom. The van der Waals surface area contributed by atoms with Gasteiger partial charge in [0.1, 0.15) is 48.8 Å². The molecule has 0 aromatic heterocycles. The van der Waals surface area contributed by atoms with Crippen molar-refractivity contribution in [1.29, 1.82) is 0 Å². The zero-order valence-corrected chi connectivity index (χ0v) is 13.1. The van der Waals surface area contributed by atoms with E-state index < -0.39 is 68.0 Å². The highest BCUT2D eigenvalue weighted by molar-refractivity contribution is 4.98. The Kier molecular flexibility index (Phi) is 6.67. The van der Waals surface area contributed by atoms with Gasteiger partial charge in [-0.05, 0) is 0 Å². The third-order valence-electron chi connectivity index (χ3n) is 4.18. The molecule has 2 saturated heterocycles. The molecule has 6 N–H and O–H groups in total. The molecule has 0 unspecified atom stereocenters. The van der Waals surface area contributed by atoms with Crippen LogP contribution in [0.25, 0.3) is 0 Å². The third kappa shape index (κ3) is 3.63. The highest BCUT2D eigenvalue weighted by Crippen LogP contribution is 2.29. The van der Waals surface area contributed by atoms with Gasteiger partial charge in [0.15, 0.2) is 12.6 Å². The number of rotatable bonds is 5. The molecule has 0 saturated carbocycles. The van der Waals surface area contributed by atoms with Crippen molar-refractivity contribution in [2.75, 3.05) is 13.7 Å². The van der Waals surface area contributed by atoms with Crippen LogP contribution in [0.15, 0.2) is 12.7 Å². The Morgan fingerprint density at radius 1 is 0.917 bits per heavy atom. The van der Waals surface area contributed by atoms with E-state index in [1.165, 1.54) is 13.2 Å². The first-order valence-corrected chi connectivity index (χ1v) is 7.48. The number of ether oxygens (including phenoxy) is 4. The first kappa shape index (κ1) is 19.7. The van der Waals surface area contributed by atoms with Crippen LogP contribution in [-0.2, 0) is 18.9 Å². The maximum Gasteiger partial charge on any atom is 0.187 e. The van der Waals surface area contributed by atoms with E-state index in [9.17, 15) is 30.6 Å². The minimum Gasteiger partial charge on any atom is -0.394 e. The average Bonchev–Trinajstić information content (AvgIpc) is 2.59. The summed E-state index contributed by atoms with van der Waals surface area (Å²) >= 11 is 0. The van der Waals surface area contributed by atoms with Crippen LogP contribution in [0.5, 0.6) is 0 Å². The Bertz CT molecular complexity index is 418. The first-order valence-electron chi connectivity index (χ1n) is 7.48. The highest BCUT2D eigenvalue weighted by atomic mass is 16.7. The number of aliphatic hydroxyl groups excluding tert-OH is 6. The zero-order chi connectivity index (χ0) is 18.0.